The molecule has 0 spiro atoms. The molecule has 0 saturated carbocycles. The van der Waals surface area contributed by atoms with Gasteiger partial charge in [-0.1, -0.05) is 6.07 Å². The third-order valence-corrected chi connectivity index (χ3v) is 4.17. The van der Waals surface area contributed by atoms with E-state index in [0.29, 0.717) is 12.3 Å². The van der Waals surface area contributed by atoms with Crippen molar-refractivity contribution in [2.45, 2.75) is 13.0 Å². The standard InChI is InChI=1S/C20H23N3O3/c1-3-26-17-7-5-16(6-8-17)22-20(25)21-13-19(24)15-4-9-18-14(12-15)10-11-23(18)2/h4-12,19,24H,3,13H2,1-2H3,(H2,21,22,25). The van der Waals surface area contributed by atoms with Crippen molar-refractivity contribution in [1.82, 2.24) is 9.88 Å². The van der Waals surface area contributed by atoms with E-state index in [0.717, 1.165) is 22.2 Å². The van der Waals surface area contributed by atoms with E-state index in [1.54, 1.807) is 24.3 Å². The van der Waals surface area contributed by atoms with Gasteiger partial charge in [0.05, 0.1) is 12.7 Å². The molecule has 3 rings (SSSR count). The van der Waals surface area contributed by atoms with Crippen LogP contribution in [0.15, 0.2) is 54.7 Å². The van der Waals surface area contributed by atoms with Gasteiger partial charge >= 0.3 is 6.03 Å². The summed E-state index contributed by atoms with van der Waals surface area (Å²) in [7, 11) is 1.98. The molecule has 3 aromatic rings. The van der Waals surface area contributed by atoms with Gasteiger partial charge in [0.1, 0.15) is 5.75 Å². The molecule has 0 saturated heterocycles. The Morgan fingerprint density at radius 3 is 2.69 bits per heavy atom. The van der Waals surface area contributed by atoms with E-state index in [1.807, 2.05) is 49.0 Å². The Bertz CT molecular complexity index is 887. The summed E-state index contributed by atoms with van der Waals surface area (Å²) in [5, 5.41) is 16.8. The van der Waals surface area contributed by atoms with Crippen molar-refractivity contribution < 1.29 is 14.6 Å². The first-order valence-corrected chi connectivity index (χ1v) is 8.57. The maximum atomic E-state index is 12.0. The zero-order chi connectivity index (χ0) is 18.5. The van der Waals surface area contributed by atoms with E-state index in [4.69, 9.17) is 4.74 Å². The van der Waals surface area contributed by atoms with E-state index in [-0.39, 0.29) is 12.6 Å². The molecule has 2 aromatic carbocycles. The molecule has 0 fully saturated rings. The highest BCUT2D eigenvalue weighted by atomic mass is 16.5. The molecule has 0 aliphatic rings. The van der Waals surface area contributed by atoms with Gasteiger partial charge in [0.2, 0.25) is 0 Å². The van der Waals surface area contributed by atoms with Crippen LogP contribution in [-0.4, -0.2) is 28.9 Å². The Hall–Kier alpha value is -2.99. The number of aromatic nitrogens is 1. The Morgan fingerprint density at radius 2 is 1.96 bits per heavy atom. The average molecular weight is 353 g/mol. The lowest BCUT2D eigenvalue weighted by Crippen LogP contribution is -2.32. The van der Waals surface area contributed by atoms with Gasteiger partial charge in [-0.25, -0.2) is 4.79 Å². The number of aliphatic hydroxyl groups excluding tert-OH is 1. The fourth-order valence-electron chi connectivity index (χ4n) is 2.79. The quantitative estimate of drug-likeness (QED) is 0.635. The lowest BCUT2D eigenvalue weighted by atomic mass is 10.1. The number of nitrogens with zero attached hydrogens (tertiary/aromatic N) is 1. The van der Waals surface area contributed by atoms with E-state index in [2.05, 4.69) is 10.6 Å². The van der Waals surface area contributed by atoms with E-state index < -0.39 is 6.10 Å². The summed E-state index contributed by atoms with van der Waals surface area (Å²) in [6, 6.07) is 14.5. The van der Waals surface area contributed by atoms with Crippen LogP contribution in [0.2, 0.25) is 0 Å². The molecule has 6 nitrogen and oxygen atoms in total. The SMILES string of the molecule is CCOc1ccc(NC(=O)NCC(O)c2ccc3c(ccn3C)c2)cc1. The van der Waals surface area contributed by atoms with Crippen LogP contribution < -0.4 is 15.4 Å². The van der Waals surface area contributed by atoms with Crippen molar-refractivity contribution in [3.05, 3.63) is 60.3 Å². The van der Waals surface area contributed by atoms with Crippen LogP contribution in [-0.2, 0) is 7.05 Å². The number of rotatable bonds is 6. The number of aliphatic hydroxyl groups is 1. The second-order valence-corrected chi connectivity index (χ2v) is 6.05. The molecule has 1 atom stereocenters. The Morgan fingerprint density at radius 1 is 1.19 bits per heavy atom. The number of hydrogen-bond donors (Lipinski definition) is 3. The topological polar surface area (TPSA) is 75.5 Å². The summed E-state index contributed by atoms with van der Waals surface area (Å²) in [6.45, 7) is 2.64. The summed E-state index contributed by atoms with van der Waals surface area (Å²) >= 11 is 0. The largest absolute Gasteiger partial charge is 0.494 e. The molecule has 26 heavy (non-hydrogen) atoms. The fraction of sp³-hybridized carbons (Fsp3) is 0.250. The molecule has 6 heteroatoms. The molecule has 0 aliphatic carbocycles. The van der Waals surface area contributed by atoms with Crippen LogP contribution in [0.1, 0.15) is 18.6 Å². The maximum Gasteiger partial charge on any atom is 0.319 e. The lowest BCUT2D eigenvalue weighted by molar-refractivity contribution is 0.175. The van der Waals surface area contributed by atoms with Crippen LogP contribution in [0.3, 0.4) is 0 Å². The van der Waals surface area contributed by atoms with Gasteiger partial charge in [0.25, 0.3) is 0 Å². The number of fused-ring (bicyclic) bond motifs is 1. The average Bonchev–Trinajstić information content (AvgIpc) is 3.02. The van der Waals surface area contributed by atoms with Gasteiger partial charge in [0, 0.05) is 31.0 Å². The molecular weight excluding hydrogens is 330 g/mol. The summed E-state index contributed by atoms with van der Waals surface area (Å²) in [4.78, 5) is 12.0. The van der Waals surface area contributed by atoms with E-state index in [9.17, 15) is 9.90 Å². The zero-order valence-electron chi connectivity index (χ0n) is 14.9. The second kappa shape index (κ2) is 7.93. The molecule has 1 unspecified atom stereocenters. The van der Waals surface area contributed by atoms with Gasteiger partial charge in [-0.15, -0.1) is 0 Å². The van der Waals surface area contributed by atoms with E-state index in [1.165, 1.54) is 0 Å². The van der Waals surface area contributed by atoms with Crippen molar-refractivity contribution in [2.75, 3.05) is 18.5 Å². The Kier molecular flexibility index (Phi) is 5.43. The monoisotopic (exact) mass is 353 g/mol. The number of nitrogens with one attached hydrogen (secondary N) is 2. The van der Waals surface area contributed by atoms with Gasteiger partial charge < -0.3 is 25.0 Å². The van der Waals surface area contributed by atoms with Crippen LogP contribution in [0.4, 0.5) is 10.5 Å². The van der Waals surface area contributed by atoms with Crippen molar-refractivity contribution in [3.8, 4) is 5.75 Å². The summed E-state index contributed by atoms with van der Waals surface area (Å²) in [5.41, 5.74) is 2.53. The van der Waals surface area contributed by atoms with Crippen molar-refractivity contribution in [1.29, 1.82) is 0 Å². The highest BCUT2D eigenvalue weighted by molar-refractivity contribution is 5.89. The minimum atomic E-state index is -0.773. The predicted octanol–water partition coefficient (Wildman–Crippen LogP) is 3.43. The third kappa shape index (κ3) is 4.15. The molecular formula is C20H23N3O3. The molecule has 1 aromatic heterocycles. The zero-order valence-corrected chi connectivity index (χ0v) is 14.9. The van der Waals surface area contributed by atoms with Crippen LogP contribution in [0.5, 0.6) is 5.75 Å². The lowest BCUT2D eigenvalue weighted by Gasteiger charge is -2.13. The van der Waals surface area contributed by atoms with Gasteiger partial charge in [-0.2, -0.15) is 0 Å². The Balaban J connectivity index is 1.54. The van der Waals surface area contributed by atoms with Crippen LogP contribution in [0, 0.1) is 0 Å². The maximum absolute atomic E-state index is 12.0. The number of amides is 2. The van der Waals surface area contributed by atoms with Crippen LogP contribution >= 0.6 is 0 Å². The smallest absolute Gasteiger partial charge is 0.319 e. The van der Waals surface area contributed by atoms with Crippen molar-refractivity contribution in [3.63, 3.8) is 0 Å². The molecule has 136 valence electrons. The predicted molar refractivity (Wildman–Crippen MR) is 103 cm³/mol. The van der Waals surface area contributed by atoms with Crippen molar-refractivity contribution >= 4 is 22.6 Å². The van der Waals surface area contributed by atoms with Crippen LogP contribution in [0.25, 0.3) is 10.9 Å². The molecule has 1 heterocycles. The number of hydrogen-bond acceptors (Lipinski definition) is 3. The first-order chi connectivity index (χ1) is 12.6. The fourth-order valence-corrected chi connectivity index (χ4v) is 2.79. The van der Waals surface area contributed by atoms with Gasteiger partial charge in [-0.05, 0) is 60.3 Å². The minimum absolute atomic E-state index is 0.126. The number of anilines is 1. The van der Waals surface area contributed by atoms with E-state index >= 15 is 0 Å². The summed E-state index contributed by atoms with van der Waals surface area (Å²) in [6.07, 6.45) is 1.20. The number of ether oxygens (including phenoxy) is 1. The summed E-state index contributed by atoms with van der Waals surface area (Å²) in [5.74, 6) is 0.755. The number of aryl methyl sites for hydroxylation is 1. The third-order valence-electron chi connectivity index (χ3n) is 4.17. The number of benzene rings is 2. The van der Waals surface area contributed by atoms with Gasteiger partial charge in [0.15, 0.2) is 0 Å². The minimum Gasteiger partial charge on any atom is -0.494 e. The molecule has 2 amide bonds. The summed E-state index contributed by atoms with van der Waals surface area (Å²) < 4.78 is 7.38. The molecule has 0 radical (unpaired) electrons. The molecule has 0 bridgehead atoms. The number of carbonyl (C=O) groups is 1. The first kappa shape index (κ1) is 17.8. The normalized spacial score (nSPS) is 12.0. The van der Waals surface area contributed by atoms with Gasteiger partial charge in [-0.3, -0.25) is 0 Å². The number of carbonyl (C=O) groups excluding carboxylic acids is 1. The highest BCUT2D eigenvalue weighted by Crippen LogP contribution is 2.21. The molecule has 3 N–H and O–H groups in total. The van der Waals surface area contributed by atoms with Crippen molar-refractivity contribution in [2.24, 2.45) is 7.05 Å². The Labute approximate surface area is 152 Å². The highest BCUT2D eigenvalue weighted by Gasteiger charge is 2.11. The number of urea groups is 1. The molecule has 0 aliphatic heterocycles. The first-order valence-electron chi connectivity index (χ1n) is 8.57. The second-order valence-electron chi connectivity index (χ2n) is 6.05.